The van der Waals surface area contributed by atoms with Crippen molar-refractivity contribution in [3.05, 3.63) is 123 Å². The number of nitrogens with zero attached hydrogens (tertiary/aromatic N) is 1. The molecule has 0 fully saturated rings. The first-order valence-corrected chi connectivity index (χ1v) is 13.5. The Kier molecular flexibility index (Phi) is 8.52. The molecule has 0 atom stereocenters. The number of pyridine rings is 1. The number of halogens is 2. The van der Waals surface area contributed by atoms with E-state index in [2.05, 4.69) is 34.0 Å². The lowest BCUT2D eigenvalue weighted by atomic mass is 10.0. The van der Waals surface area contributed by atoms with E-state index in [0.717, 1.165) is 38.2 Å². The number of nitrogens with one attached hydrogen (secondary N) is 1. The van der Waals surface area contributed by atoms with Gasteiger partial charge in [-0.2, -0.15) is 0 Å². The fourth-order valence-electron chi connectivity index (χ4n) is 3.91. The van der Waals surface area contributed by atoms with Gasteiger partial charge in [-0.05, 0) is 61.4 Å². The van der Waals surface area contributed by atoms with Crippen LogP contribution in [0.2, 0.25) is 5.02 Å². The zero-order valence-electron chi connectivity index (χ0n) is 19.8. The molecule has 0 aliphatic carbocycles. The second kappa shape index (κ2) is 11.8. The van der Waals surface area contributed by atoms with Gasteiger partial charge >= 0.3 is 0 Å². The molecule has 0 radical (unpaired) electrons. The normalized spacial score (nSPS) is 11.0. The summed E-state index contributed by atoms with van der Waals surface area (Å²) in [4.78, 5) is 13.6. The SMILES string of the molecule is CC(C)Oc1ccc(Nc2ccn(Cc3ccccc3)c(=O)c2Cc2ccc(Cl)cc2)cc1CI. The molecular formula is C29H28ClIN2O2. The van der Waals surface area contributed by atoms with E-state index in [4.69, 9.17) is 16.3 Å². The third kappa shape index (κ3) is 6.67. The lowest BCUT2D eigenvalue weighted by Gasteiger charge is -2.17. The van der Waals surface area contributed by atoms with E-state index >= 15 is 0 Å². The maximum atomic E-state index is 13.6. The topological polar surface area (TPSA) is 43.3 Å². The molecule has 0 spiro atoms. The van der Waals surface area contributed by atoms with E-state index < -0.39 is 0 Å². The Hall–Kier alpha value is -2.77. The van der Waals surface area contributed by atoms with Crippen LogP contribution in [-0.4, -0.2) is 10.7 Å². The molecule has 1 aromatic heterocycles. The predicted octanol–water partition coefficient (Wildman–Crippen LogP) is 7.61. The Morgan fingerprint density at radius 2 is 1.71 bits per heavy atom. The summed E-state index contributed by atoms with van der Waals surface area (Å²) in [5.74, 6) is 0.889. The number of benzene rings is 3. The zero-order chi connectivity index (χ0) is 24.8. The largest absolute Gasteiger partial charge is 0.491 e. The van der Waals surface area contributed by atoms with Crippen molar-refractivity contribution >= 4 is 45.6 Å². The van der Waals surface area contributed by atoms with Crippen LogP contribution in [0.1, 0.15) is 36.1 Å². The highest BCUT2D eigenvalue weighted by Crippen LogP contribution is 2.29. The van der Waals surface area contributed by atoms with Gasteiger partial charge in [-0.1, -0.05) is 76.7 Å². The van der Waals surface area contributed by atoms with Crippen LogP contribution in [0.3, 0.4) is 0 Å². The summed E-state index contributed by atoms with van der Waals surface area (Å²) in [6.45, 7) is 4.57. The molecule has 6 heteroatoms. The predicted molar refractivity (Wildman–Crippen MR) is 154 cm³/mol. The van der Waals surface area contributed by atoms with Crippen molar-refractivity contribution in [3.8, 4) is 5.75 Å². The minimum atomic E-state index is -0.0114. The van der Waals surface area contributed by atoms with E-state index in [1.807, 2.05) is 92.8 Å². The molecule has 3 aromatic carbocycles. The molecule has 4 aromatic rings. The third-order valence-electron chi connectivity index (χ3n) is 5.60. The van der Waals surface area contributed by atoms with Crippen LogP contribution in [0.15, 0.2) is 89.9 Å². The summed E-state index contributed by atoms with van der Waals surface area (Å²) < 4.78 is 8.54. The summed E-state index contributed by atoms with van der Waals surface area (Å²) in [6, 6.07) is 25.7. The van der Waals surface area contributed by atoms with E-state index in [1.165, 1.54) is 0 Å². The maximum absolute atomic E-state index is 13.6. The van der Waals surface area contributed by atoms with Gasteiger partial charge in [0.2, 0.25) is 0 Å². The van der Waals surface area contributed by atoms with Crippen molar-refractivity contribution in [2.45, 2.75) is 37.3 Å². The van der Waals surface area contributed by atoms with Crippen LogP contribution in [-0.2, 0) is 17.4 Å². The summed E-state index contributed by atoms with van der Waals surface area (Å²) >= 11 is 8.43. The second-order valence-electron chi connectivity index (χ2n) is 8.68. The van der Waals surface area contributed by atoms with Crippen molar-refractivity contribution in [1.29, 1.82) is 0 Å². The van der Waals surface area contributed by atoms with Gasteiger partial charge in [0.15, 0.2) is 0 Å². The van der Waals surface area contributed by atoms with Gasteiger partial charge < -0.3 is 14.6 Å². The molecule has 0 saturated heterocycles. The molecule has 4 nitrogen and oxygen atoms in total. The van der Waals surface area contributed by atoms with Crippen molar-refractivity contribution in [3.63, 3.8) is 0 Å². The van der Waals surface area contributed by atoms with Gasteiger partial charge in [-0.15, -0.1) is 0 Å². The minimum Gasteiger partial charge on any atom is -0.491 e. The van der Waals surface area contributed by atoms with E-state index in [1.54, 1.807) is 4.57 Å². The first kappa shape index (κ1) is 25.3. The fraction of sp³-hybridized carbons (Fsp3) is 0.207. The molecule has 0 saturated carbocycles. The summed E-state index contributed by atoms with van der Waals surface area (Å²) in [7, 11) is 0. The number of anilines is 2. The maximum Gasteiger partial charge on any atom is 0.256 e. The molecule has 1 heterocycles. The van der Waals surface area contributed by atoms with Crippen molar-refractivity contribution < 1.29 is 4.74 Å². The molecule has 1 N–H and O–H groups in total. The quantitative estimate of drug-likeness (QED) is 0.159. The fourth-order valence-corrected chi connectivity index (χ4v) is 4.63. The second-order valence-corrected chi connectivity index (χ2v) is 9.88. The van der Waals surface area contributed by atoms with E-state index in [-0.39, 0.29) is 11.7 Å². The smallest absolute Gasteiger partial charge is 0.256 e. The Labute approximate surface area is 225 Å². The third-order valence-corrected chi connectivity index (χ3v) is 6.68. The van der Waals surface area contributed by atoms with Crippen LogP contribution < -0.4 is 15.6 Å². The Morgan fingerprint density at radius 1 is 0.971 bits per heavy atom. The molecule has 0 bridgehead atoms. The van der Waals surface area contributed by atoms with Gasteiger partial charge in [0.05, 0.1) is 12.6 Å². The summed E-state index contributed by atoms with van der Waals surface area (Å²) in [6.07, 6.45) is 2.47. The number of ether oxygens (including phenoxy) is 1. The van der Waals surface area contributed by atoms with Crippen LogP contribution in [0.25, 0.3) is 0 Å². The number of alkyl halides is 1. The lowest BCUT2D eigenvalue weighted by Crippen LogP contribution is -2.25. The van der Waals surface area contributed by atoms with Crippen LogP contribution >= 0.6 is 34.2 Å². The van der Waals surface area contributed by atoms with Gasteiger partial charge in [-0.3, -0.25) is 4.79 Å². The van der Waals surface area contributed by atoms with Crippen LogP contribution in [0.4, 0.5) is 11.4 Å². The Bertz CT molecular complexity index is 1340. The average Bonchev–Trinajstić information content (AvgIpc) is 2.85. The Morgan fingerprint density at radius 3 is 2.40 bits per heavy atom. The molecule has 180 valence electrons. The molecule has 0 aliphatic rings. The number of aromatic nitrogens is 1. The Balaban J connectivity index is 1.70. The highest BCUT2D eigenvalue weighted by atomic mass is 127. The van der Waals surface area contributed by atoms with E-state index in [9.17, 15) is 4.79 Å². The highest BCUT2D eigenvalue weighted by molar-refractivity contribution is 14.1. The molecule has 35 heavy (non-hydrogen) atoms. The van der Waals surface area contributed by atoms with Gasteiger partial charge in [0.25, 0.3) is 5.56 Å². The number of hydrogen-bond donors (Lipinski definition) is 1. The van der Waals surface area contributed by atoms with Crippen molar-refractivity contribution in [1.82, 2.24) is 4.57 Å². The molecule has 4 rings (SSSR count). The van der Waals surface area contributed by atoms with Crippen LogP contribution in [0.5, 0.6) is 5.75 Å². The van der Waals surface area contributed by atoms with Gasteiger partial charge in [-0.25, -0.2) is 0 Å². The first-order valence-electron chi connectivity index (χ1n) is 11.6. The monoisotopic (exact) mass is 598 g/mol. The average molecular weight is 599 g/mol. The van der Waals surface area contributed by atoms with Crippen molar-refractivity contribution in [2.75, 3.05) is 5.32 Å². The summed E-state index contributed by atoms with van der Waals surface area (Å²) in [5.41, 5.74) is 5.64. The zero-order valence-corrected chi connectivity index (χ0v) is 22.7. The molecule has 0 amide bonds. The highest BCUT2D eigenvalue weighted by Gasteiger charge is 2.14. The van der Waals surface area contributed by atoms with Gasteiger partial charge in [0, 0.05) is 44.6 Å². The molecule has 0 aliphatic heterocycles. The van der Waals surface area contributed by atoms with Crippen LogP contribution in [0, 0.1) is 0 Å². The minimum absolute atomic E-state index is 0.0114. The van der Waals surface area contributed by atoms with Gasteiger partial charge in [0.1, 0.15) is 5.75 Å². The first-order chi connectivity index (χ1) is 16.9. The lowest BCUT2D eigenvalue weighted by molar-refractivity contribution is 0.241. The molecule has 0 unspecified atom stereocenters. The number of hydrogen-bond acceptors (Lipinski definition) is 3. The van der Waals surface area contributed by atoms with Crippen molar-refractivity contribution in [2.24, 2.45) is 0 Å². The summed E-state index contributed by atoms with van der Waals surface area (Å²) in [5, 5.41) is 4.17. The molecular weight excluding hydrogens is 571 g/mol. The standard InChI is InChI=1S/C29H28ClIN2O2/c1-20(2)35-28-13-12-25(17-23(28)18-31)32-27-14-15-33(19-22-6-4-3-5-7-22)29(34)26(27)16-21-8-10-24(30)11-9-21/h3-15,17,20,32H,16,18-19H2,1-2H3. The number of rotatable bonds is 9. The van der Waals surface area contributed by atoms with E-state index in [0.29, 0.717) is 23.6 Å².